The average molecular weight is 455 g/mol. The van der Waals surface area contributed by atoms with E-state index >= 15 is 0 Å². The summed E-state index contributed by atoms with van der Waals surface area (Å²) in [6.07, 6.45) is 1.79. The van der Waals surface area contributed by atoms with Crippen molar-refractivity contribution in [2.75, 3.05) is 38.1 Å². The van der Waals surface area contributed by atoms with E-state index in [1.165, 1.54) is 0 Å². The van der Waals surface area contributed by atoms with Crippen molar-refractivity contribution in [3.05, 3.63) is 46.2 Å². The fourth-order valence-electron chi connectivity index (χ4n) is 3.97. The summed E-state index contributed by atoms with van der Waals surface area (Å²) in [4.78, 5) is 26.0. The minimum absolute atomic E-state index is 0.0972. The van der Waals surface area contributed by atoms with Crippen molar-refractivity contribution in [1.82, 2.24) is 24.9 Å². The van der Waals surface area contributed by atoms with Gasteiger partial charge in [0.2, 0.25) is 5.82 Å². The van der Waals surface area contributed by atoms with Gasteiger partial charge in [0.05, 0.1) is 6.54 Å². The number of urea groups is 1. The molecule has 5 rings (SSSR count). The zero-order valence-electron chi connectivity index (χ0n) is 18.0. The number of amides is 2. The first-order valence-electron chi connectivity index (χ1n) is 10.9. The third-order valence-electron chi connectivity index (χ3n) is 5.70. The summed E-state index contributed by atoms with van der Waals surface area (Å²) in [7, 11) is 0. The van der Waals surface area contributed by atoms with Gasteiger partial charge in [-0.15, -0.1) is 11.3 Å². The molecular formula is C22H26N6O3S. The number of nitrogens with zero attached hydrogens (tertiary/aromatic N) is 5. The molecule has 1 atom stereocenters. The maximum atomic E-state index is 12.8. The zero-order valence-corrected chi connectivity index (χ0v) is 18.8. The van der Waals surface area contributed by atoms with Gasteiger partial charge in [0, 0.05) is 55.1 Å². The van der Waals surface area contributed by atoms with E-state index in [0.717, 1.165) is 55.3 Å². The number of hydrogen-bond acceptors (Lipinski definition) is 8. The number of aryl methyl sites for hydroxylation is 1. The molecule has 0 saturated carbocycles. The van der Waals surface area contributed by atoms with Crippen molar-refractivity contribution in [2.24, 2.45) is 0 Å². The third kappa shape index (κ3) is 4.82. The average Bonchev–Trinajstić information content (AvgIpc) is 3.56. The SMILES string of the molecule is Cc1csc(CN2CCN(C(=O)Nc3cccc(-c4noc(C5CCCO5)n4)c3)CC2)n1. The molecule has 1 aromatic carbocycles. The highest BCUT2D eigenvalue weighted by molar-refractivity contribution is 7.09. The third-order valence-corrected chi connectivity index (χ3v) is 6.66. The Bertz CT molecular complexity index is 1070. The summed E-state index contributed by atoms with van der Waals surface area (Å²) in [6.45, 7) is 6.62. The van der Waals surface area contributed by atoms with E-state index in [1.807, 2.05) is 36.1 Å². The number of carbonyl (C=O) groups excluding carboxylic acids is 1. The topological polar surface area (TPSA) is 96.6 Å². The van der Waals surface area contributed by atoms with Crippen LogP contribution in [-0.4, -0.2) is 63.7 Å². The van der Waals surface area contributed by atoms with E-state index in [1.54, 1.807) is 11.3 Å². The van der Waals surface area contributed by atoms with Crippen LogP contribution in [0.25, 0.3) is 11.4 Å². The Kier molecular flexibility index (Phi) is 6.15. The number of anilines is 1. The van der Waals surface area contributed by atoms with Gasteiger partial charge < -0.3 is 19.5 Å². The normalized spacial score (nSPS) is 19.4. The van der Waals surface area contributed by atoms with Gasteiger partial charge in [0.25, 0.3) is 5.89 Å². The van der Waals surface area contributed by atoms with Crippen LogP contribution in [0.3, 0.4) is 0 Å². The van der Waals surface area contributed by atoms with Crippen LogP contribution >= 0.6 is 11.3 Å². The van der Waals surface area contributed by atoms with Crippen LogP contribution in [0.4, 0.5) is 10.5 Å². The molecule has 168 valence electrons. The van der Waals surface area contributed by atoms with Gasteiger partial charge in [-0.25, -0.2) is 9.78 Å². The van der Waals surface area contributed by atoms with Gasteiger partial charge in [-0.3, -0.25) is 4.90 Å². The van der Waals surface area contributed by atoms with Gasteiger partial charge in [-0.05, 0) is 31.9 Å². The highest BCUT2D eigenvalue weighted by Gasteiger charge is 2.25. The first kappa shape index (κ1) is 21.0. The van der Waals surface area contributed by atoms with Crippen molar-refractivity contribution in [2.45, 2.75) is 32.4 Å². The lowest BCUT2D eigenvalue weighted by Crippen LogP contribution is -2.49. The largest absolute Gasteiger partial charge is 0.368 e. The number of benzene rings is 1. The van der Waals surface area contributed by atoms with Gasteiger partial charge in [-0.2, -0.15) is 4.98 Å². The van der Waals surface area contributed by atoms with Gasteiger partial charge in [-0.1, -0.05) is 17.3 Å². The van der Waals surface area contributed by atoms with Gasteiger partial charge >= 0.3 is 6.03 Å². The van der Waals surface area contributed by atoms with Crippen LogP contribution in [0.5, 0.6) is 0 Å². The minimum Gasteiger partial charge on any atom is -0.368 e. The summed E-state index contributed by atoms with van der Waals surface area (Å²) < 4.78 is 11.0. The first-order chi connectivity index (χ1) is 15.6. The molecule has 10 heteroatoms. The van der Waals surface area contributed by atoms with Crippen molar-refractivity contribution in [1.29, 1.82) is 0 Å². The molecule has 2 aliphatic heterocycles. The molecule has 1 unspecified atom stereocenters. The van der Waals surface area contributed by atoms with Crippen LogP contribution in [-0.2, 0) is 11.3 Å². The number of piperazine rings is 1. The van der Waals surface area contributed by atoms with E-state index in [9.17, 15) is 4.79 Å². The molecule has 2 aromatic heterocycles. The molecule has 1 N–H and O–H groups in total. The molecule has 32 heavy (non-hydrogen) atoms. The molecule has 0 aliphatic carbocycles. The predicted octanol–water partition coefficient (Wildman–Crippen LogP) is 3.70. The van der Waals surface area contributed by atoms with Crippen LogP contribution in [0.15, 0.2) is 34.2 Å². The molecule has 0 bridgehead atoms. The Labute approximate surface area is 190 Å². The van der Waals surface area contributed by atoms with Gasteiger partial charge in [0.15, 0.2) is 0 Å². The molecule has 0 radical (unpaired) electrons. The Balaban J connectivity index is 1.16. The summed E-state index contributed by atoms with van der Waals surface area (Å²) in [5, 5.41) is 10.3. The van der Waals surface area contributed by atoms with Gasteiger partial charge in [0.1, 0.15) is 11.1 Å². The molecule has 3 aromatic rings. The number of aromatic nitrogens is 3. The Morgan fingerprint density at radius 1 is 1.25 bits per heavy atom. The van der Waals surface area contributed by atoms with Crippen LogP contribution in [0.2, 0.25) is 0 Å². The number of ether oxygens (including phenoxy) is 1. The molecule has 9 nitrogen and oxygen atoms in total. The smallest absolute Gasteiger partial charge is 0.321 e. The Morgan fingerprint density at radius 2 is 2.12 bits per heavy atom. The number of nitrogens with one attached hydrogen (secondary N) is 1. The highest BCUT2D eigenvalue weighted by atomic mass is 32.1. The van der Waals surface area contributed by atoms with E-state index in [0.29, 0.717) is 30.5 Å². The number of hydrogen-bond donors (Lipinski definition) is 1. The molecule has 2 amide bonds. The van der Waals surface area contributed by atoms with Crippen LogP contribution in [0, 0.1) is 6.92 Å². The Hall–Kier alpha value is -2.82. The Morgan fingerprint density at radius 3 is 2.88 bits per heavy atom. The summed E-state index contributed by atoms with van der Waals surface area (Å²) in [5.41, 5.74) is 2.56. The zero-order chi connectivity index (χ0) is 21.9. The quantitative estimate of drug-likeness (QED) is 0.628. The van der Waals surface area contributed by atoms with E-state index in [4.69, 9.17) is 9.26 Å². The molecule has 2 saturated heterocycles. The summed E-state index contributed by atoms with van der Waals surface area (Å²) in [5.74, 6) is 1.01. The summed E-state index contributed by atoms with van der Waals surface area (Å²) >= 11 is 1.69. The van der Waals surface area contributed by atoms with E-state index in [-0.39, 0.29) is 12.1 Å². The van der Waals surface area contributed by atoms with Crippen molar-refractivity contribution in [3.8, 4) is 11.4 Å². The second-order valence-electron chi connectivity index (χ2n) is 8.11. The van der Waals surface area contributed by atoms with Crippen LogP contribution < -0.4 is 5.32 Å². The number of rotatable bonds is 5. The maximum absolute atomic E-state index is 12.8. The molecular weight excluding hydrogens is 428 g/mol. The maximum Gasteiger partial charge on any atom is 0.321 e. The number of thiazole rings is 1. The predicted molar refractivity (Wildman–Crippen MR) is 120 cm³/mol. The monoisotopic (exact) mass is 454 g/mol. The lowest BCUT2D eigenvalue weighted by atomic mass is 10.2. The second-order valence-corrected chi connectivity index (χ2v) is 9.06. The fraction of sp³-hybridized carbons (Fsp3) is 0.455. The lowest BCUT2D eigenvalue weighted by molar-refractivity contribution is 0.0835. The van der Waals surface area contributed by atoms with E-state index in [2.05, 4.69) is 30.7 Å². The summed E-state index contributed by atoms with van der Waals surface area (Å²) in [6, 6.07) is 7.41. The fourth-order valence-corrected chi connectivity index (χ4v) is 4.78. The van der Waals surface area contributed by atoms with E-state index < -0.39 is 0 Å². The standard InChI is InChI=1S/C22H26N6O3S/c1-15-14-32-19(23-15)13-27-7-9-28(10-8-27)22(29)24-17-5-2-4-16(12-17)20-25-21(31-26-20)18-6-3-11-30-18/h2,4-5,12,14,18H,3,6-11,13H2,1H3,(H,24,29). The minimum atomic E-state index is -0.113. The molecule has 2 fully saturated rings. The van der Waals surface area contributed by atoms with Crippen molar-refractivity contribution in [3.63, 3.8) is 0 Å². The molecule has 2 aliphatic rings. The molecule has 4 heterocycles. The molecule has 0 spiro atoms. The highest BCUT2D eigenvalue weighted by Crippen LogP contribution is 2.29. The van der Waals surface area contributed by atoms with Crippen molar-refractivity contribution >= 4 is 23.1 Å². The number of carbonyl (C=O) groups is 1. The lowest BCUT2D eigenvalue weighted by Gasteiger charge is -2.34. The second kappa shape index (κ2) is 9.35. The first-order valence-corrected chi connectivity index (χ1v) is 11.8. The van der Waals surface area contributed by atoms with Crippen LogP contribution in [0.1, 0.15) is 35.5 Å². The van der Waals surface area contributed by atoms with Crippen molar-refractivity contribution < 1.29 is 14.1 Å².